The predicted molar refractivity (Wildman–Crippen MR) is 59.6 cm³/mol. The monoisotopic (exact) mass is 259 g/mol. The van der Waals surface area contributed by atoms with Crippen molar-refractivity contribution in [2.75, 3.05) is 39.2 Å². The van der Waals surface area contributed by atoms with Crippen LogP contribution in [0, 0.1) is 0 Å². The summed E-state index contributed by atoms with van der Waals surface area (Å²) in [5.41, 5.74) is 0. The highest BCUT2D eigenvalue weighted by molar-refractivity contribution is 7.90. The number of ether oxygens (including phenoxy) is 2. The lowest BCUT2D eigenvalue weighted by molar-refractivity contribution is 0.119. The third kappa shape index (κ3) is 5.12. The summed E-state index contributed by atoms with van der Waals surface area (Å²) < 4.78 is 34.3. The van der Waals surface area contributed by atoms with Crippen molar-refractivity contribution in [1.29, 1.82) is 0 Å². The summed E-state index contributed by atoms with van der Waals surface area (Å²) in [6.07, 6.45) is 0. The van der Waals surface area contributed by atoms with E-state index in [4.69, 9.17) is 21.1 Å². The quantitative estimate of drug-likeness (QED) is 0.596. The zero-order valence-corrected chi connectivity index (χ0v) is 10.8. The van der Waals surface area contributed by atoms with Gasteiger partial charge in [0.05, 0.1) is 13.2 Å². The normalized spacial score (nSPS) is 14.5. The van der Waals surface area contributed by atoms with Crippen molar-refractivity contribution in [3.05, 3.63) is 0 Å². The van der Waals surface area contributed by atoms with Crippen molar-refractivity contribution >= 4 is 21.6 Å². The minimum Gasteiger partial charge on any atom is -0.383 e. The second kappa shape index (κ2) is 7.40. The Morgan fingerprint density at radius 1 is 1.33 bits per heavy atom. The van der Waals surface area contributed by atoms with Crippen molar-refractivity contribution in [3.63, 3.8) is 0 Å². The lowest BCUT2D eigenvalue weighted by atomic mass is 10.3. The molecule has 1 atom stereocenters. The van der Waals surface area contributed by atoms with E-state index < -0.39 is 15.2 Å². The maximum atomic E-state index is 11.6. The molecule has 0 aromatic heterocycles. The van der Waals surface area contributed by atoms with Crippen LogP contribution in [0.1, 0.15) is 6.92 Å². The molecule has 0 spiro atoms. The van der Waals surface area contributed by atoms with Crippen molar-refractivity contribution < 1.29 is 17.9 Å². The molecule has 1 unspecified atom stereocenters. The zero-order valence-electron chi connectivity index (χ0n) is 9.27. The molecule has 0 saturated carbocycles. The van der Waals surface area contributed by atoms with Gasteiger partial charge in [0.2, 0.25) is 10.0 Å². The van der Waals surface area contributed by atoms with Gasteiger partial charge in [-0.1, -0.05) is 0 Å². The molecule has 0 aromatic rings. The first-order chi connectivity index (χ1) is 6.99. The molecule has 0 rings (SSSR count). The van der Waals surface area contributed by atoms with Crippen LogP contribution < -0.4 is 0 Å². The van der Waals surface area contributed by atoms with Gasteiger partial charge in [-0.05, 0) is 6.92 Å². The van der Waals surface area contributed by atoms with Gasteiger partial charge in [-0.15, -0.1) is 11.6 Å². The Kier molecular flexibility index (Phi) is 7.46. The number of rotatable bonds is 8. The zero-order chi connectivity index (χ0) is 11.9. The van der Waals surface area contributed by atoms with E-state index in [0.717, 1.165) is 0 Å². The fourth-order valence-corrected chi connectivity index (χ4v) is 2.67. The Labute approximate surface area is 96.3 Å². The third-order valence-electron chi connectivity index (χ3n) is 1.91. The number of hydrogen-bond acceptors (Lipinski definition) is 4. The summed E-state index contributed by atoms with van der Waals surface area (Å²) in [5.74, 6) is 0. The van der Waals surface area contributed by atoms with E-state index >= 15 is 0 Å². The Morgan fingerprint density at radius 2 is 1.93 bits per heavy atom. The van der Waals surface area contributed by atoms with Crippen LogP contribution in [0.5, 0.6) is 0 Å². The second-order valence-corrected chi connectivity index (χ2v) is 5.63. The maximum absolute atomic E-state index is 11.6. The first kappa shape index (κ1) is 15.1. The highest BCUT2D eigenvalue weighted by Gasteiger charge is 2.25. The van der Waals surface area contributed by atoms with Crippen LogP contribution in [-0.4, -0.2) is 58.0 Å². The Bertz CT molecular complexity index is 257. The predicted octanol–water partition coefficient (Wildman–Crippen LogP) is 0.496. The molecule has 15 heavy (non-hydrogen) atoms. The molecule has 0 aliphatic rings. The minimum absolute atomic E-state index is 0.242. The number of halogens is 1. The molecule has 0 radical (unpaired) electrons. The van der Waals surface area contributed by atoms with Gasteiger partial charge in [0.1, 0.15) is 5.21 Å². The van der Waals surface area contributed by atoms with E-state index in [2.05, 4.69) is 0 Å². The summed E-state index contributed by atoms with van der Waals surface area (Å²) in [7, 11) is -0.369. The smallest absolute Gasteiger partial charge is 0.228 e. The molecule has 0 fully saturated rings. The van der Waals surface area contributed by atoms with Gasteiger partial charge in [-0.2, -0.15) is 4.31 Å². The first-order valence-electron chi connectivity index (χ1n) is 4.53. The van der Waals surface area contributed by atoms with Crippen molar-refractivity contribution in [3.8, 4) is 0 Å². The lowest BCUT2D eigenvalue weighted by Gasteiger charge is -2.26. The van der Waals surface area contributed by atoms with Crippen LogP contribution >= 0.6 is 11.6 Å². The van der Waals surface area contributed by atoms with Crippen LogP contribution in [0.25, 0.3) is 0 Å². The minimum atomic E-state index is -3.42. The number of hydrogen-bond donors (Lipinski definition) is 0. The van der Waals surface area contributed by atoms with E-state index in [0.29, 0.717) is 13.2 Å². The van der Waals surface area contributed by atoms with Gasteiger partial charge in [-0.3, -0.25) is 0 Å². The summed E-state index contributed by atoms with van der Waals surface area (Å²) in [6, 6.07) is -0.242. The number of sulfonamides is 1. The second-order valence-electron chi connectivity index (χ2n) is 3.13. The lowest BCUT2D eigenvalue weighted by Crippen LogP contribution is -2.43. The topological polar surface area (TPSA) is 55.8 Å². The van der Waals surface area contributed by atoms with Gasteiger partial charge in [-0.25, -0.2) is 8.42 Å². The first-order valence-corrected chi connectivity index (χ1v) is 6.67. The molecule has 0 amide bonds. The van der Waals surface area contributed by atoms with Gasteiger partial charge in [0, 0.05) is 26.8 Å². The summed E-state index contributed by atoms with van der Waals surface area (Å²) >= 11 is 5.40. The molecule has 0 aliphatic heterocycles. The molecule has 7 heteroatoms. The average Bonchev–Trinajstić information content (AvgIpc) is 2.18. The highest BCUT2D eigenvalue weighted by Crippen LogP contribution is 2.09. The fourth-order valence-electron chi connectivity index (χ4n) is 1.20. The van der Waals surface area contributed by atoms with E-state index in [1.54, 1.807) is 6.92 Å². The molecule has 0 aliphatic carbocycles. The van der Waals surface area contributed by atoms with Gasteiger partial charge in [0.25, 0.3) is 0 Å². The molecular weight excluding hydrogens is 242 g/mol. The Balaban J connectivity index is 4.57. The average molecular weight is 260 g/mol. The van der Waals surface area contributed by atoms with E-state index in [1.807, 2.05) is 0 Å². The van der Waals surface area contributed by atoms with Gasteiger partial charge < -0.3 is 9.47 Å². The molecule has 0 aromatic carbocycles. The largest absolute Gasteiger partial charge is 0.383 e. The van der Waals surface area contributed by atoms with Crippen LogP contribution in [0.4, 0.5) is 0 Å². The summed E-state index contributed by atoms with van der Waals surface area (Å²) in [4.78, 5) is 0. The molecule has 0 N–H and O–H groups in total. The van der Waals surface area contributed by atoms with Gasteiger partial charge >= 0.3 is 0 Å². The van der Waals surface area contributed by atoms with Gasteiger partial charge in [0.15, 0.2) is 0 Å². The molecule has 0 saturated heterocycles. The van der Waals surface area contributed by atoms with Crippen LogP contribution in [-0.2, 0) is 19.5 Å². The molecule has 0 bridgehead atoms. The van der Waals surface area contributed by atoms with Crippen molar-refractivity contribution in [2.24, 2.45) is 0 Å². The van der Waals surface area contributed by atoms with E-state index in [9.17, 15) is 8.42 Å². The van der Waals surface area contributed by atoms with Crippen LogP contribution in [0.2, 0.25) is 0 Å². The van der Waals surface area contributed by atoms with Crippen LogP contribution in [0.15, 0.2) is 0 Å². The molecular formula is C8H18ClNO4S. The van der Waals surface area contributed by atoms with Crippen LogP contribution in [0.3, 0.4) is 0 Å². The Morgan fingerprint density at radius 3 is 2.33 bits per heavy atom. The number of alkyl halides is 1. The SMILES string of the molecule is COCCN(C(C)COC)S(=O)(=O)CCl. The maximum Gasteiger partial charge on any atom is 0.228 e. The molecule has 5 nitrogen and oxygen atoms in total. The van der Waals surface area contributed by atoms with E-state index in [-0.39, 0.29) is 12.6 Å². The standard InChI is InChI=1S/C8H18ClNO4S/c1-8(6-14-3)10(4-5-13-2)15(11,12)7-9/h8H,4-7H2,1-3H3. The van der Waals surface area contributed by atoms with Crippen molar-refractivity contribution in [1.82, 2.24) is 4.31 Å². The Hall–Kier alpha value is 0.120. The number of methoxy groups -OCH3 is 2. The highest BCUT2D eigenvalue weighted by atomic mass is 35.5. The molecule has 0 heterocycles. The fraction of sp³-hybridized carbons (Fsp3) is 1.00. The summed E-state index contributed by atoms with van der Waals surface area (Å²) in [6.45, 7) is 2.73. The summed E-state index contributed by atoms with van der Waals surface area (Å²) in [5, 5.41) is -0.426. The van der Waals surface area contributed by atoms with Crippen molar-refractivity contribution in [2.45, 2.75) is 13.0 Å². The molecule has 92 valence electrons. The van der Waals surface area contributed by atoms with E-state index in [1.165, 1.54) is 18.5 Å². The third-order valence-corrected chi connectivity index (χ3v) is 4.27. The number of nitrogens with zero attached hydrogens (tertiary/aromatic N) is 1.